The van der Waals surface area contributed by atoms with Crippen molar-refractivity contribution in [3.8, 4) is 0 Å². The molecule has 0 aliphatic rings. The lowest BCUT2D eigenvalue weighted by atomic mass is 10.1. The molecule has 0 fully saturated rings. The Morgan fingerprint density at radius 3 is 2.58 bits per heavy atom. The topological polar surface area (TPSA) is 83.5 Å². The van der Waals surface area contributed by atoms with Gasteiger partial charge in [-0.3, -0.25) is 4.79 Å². The lowest BCUT2D eigenvalue weighted by molar-refractivity contribution is -0.139. The van der Waals surface area contributed by atoms with Gasteiger partial charge in [0.1, 0.15) is 6.04 Å². The summed E-state index contributed by atoms with van der Waals surface area (Å²) in [7, 11) is -3.64. The van der Waals surface area contributed by atoms with Gasteiger partial charge in [0.2, 0.25) is 10.0 Å². The van der Waals surface area contributed by atoms with Gasteiger partial charge in [-0.25, -0.2) is 8.42 Å². The molecule has 0 heterocycles. The van der Waals surface area contributed by atoms with Crippen LogP contribution in [0.1, 0.15) is 31.4 Å². The van der Waals surface area contributed by atoms with Crippen molar-refractivity contribution in [3.05, 3.63) is 34.9 Å². The fourth-order valence-corrected chi connectivity index (χ4v) is 3.15. The van der Waals surface area contributed by atoms with Crippen LogP contribution in [0.5, 0.6) is 0 Å². The average Bonchev–Trinajstić information content (AvgIpc) is 2.34. The van der Waals surface area contributed by atoms with Gasteiger partial charge in [0.25, 0.3) is 0 Å². The molecule has 0 saturated carbocycles. The highest BCUT2D eigenvalue weighted by Crippen LogP contribution is 2.23. The van der Waals surface area contributed by atoms with Crippen molar-refractivity contribution in [1.82, 2.24) is 4.72 Å². The van der Waals surface area contributed by atoms with Gasteiger partial charge in [0.15, 0.2) is 0 Å². The van der Waals surface area contributed by atoms with Gasteiger partial charge in [-0.05, 0) is 18.1 Å². The van der Waals surface area contributed by atoms with Gasteiger partial charge in [0, 0.05) is 5.02 Å². The minimum absolute atomic E-state index is 0.0995. The smallest absolute Gasteiger partial charge is 0.326 e. The van der Waals surface area contributed by atoms with Crippen molar-refractivity contribution in [2.45, 2.75) is 25.8 Å². The van der Waals surface area contributed by atoms with E-state index in [0.29, 0.717) is 12.8 Å². The second kappa shape index (κ2) is 6.88. The molecule has 1 atom stereocenters. The second-order valence-corrected chi connectivity index (χ2v) is 6.36. The van der Waals surface area contributed by atoms with Crippen LogP contribution >= 0.6 is 11.6 Å². The summed E-state index contributed by atoms with van der Waals surface area (Å²) in [5.74, 6) is -1.38. The normalized spacial score (nSPS) is 13.2. The van der Waals surface area contributed by atoms with E-state index in [4.69, 9.17) is 16.7 Å². The third-order valence-electron chi connectivity index (χ3n) is 2.53. The molecule has 7 heteroatoms. The molecule has 1 aromatic carbocycles. The number of unbranched alkanes of at least 4 members (excludes halogenated alkanes) is 1. The molecular weight excluding hydrogens is 290 g/mol. The van der Waals surface area contributed by atoms with Crippen LogP contribution in [0.3, 0.4) is 0 Å². The van der Waals surface area contributed by atoms with E-state index < -0.39 is 22.0 Å². The van der Waals surface area contributed by atoms with E-state index in [1.165, 1.54) is 12.1 Å². The van der Waals surface area contributed by atoms with E-state index in [1.54, 1.807) is 12.1 Å². The molecule has 0 amide bonds. The SMILES string of the molecule is CCCCS(=O)(=O)N[C@@H](C(=O)O)c1ccccc1Cl. The standard InChI is InChI=1S/C12H16ClNO4S/c1-2-3-8-19(17,18)14-11(12(15)16)9-6-4-5-7-10(9)13/h4-7,11,14H,2-3,8H2,1H3,(H,15,16)/t11-/m1/s1. The molecule has 0 aliphatic heterocycles. The van der Waals surface area contributed by atoms with Gasteiger partial charge in [-0.15, -0.1) is 0 Å². The summed E-state index contributed by atoms with van der Waals surface area (Å²) < 4.78 is 25.7. The van der Waals surface area contributed by atoms with E-state index in [9.17, 15) is 13.2 Å². The molecule has 5 nitrogen and oxygen atoms in total. The average molecular weight is 306 g/mol. The summed E-state index contributed by atoms with van der Waals surface area (Å²) in [4.78, 5) is 11.2. The first-order valence-electron chi connectivity index (χ1n) is 5.84. The fraction of sp³-hybridized carbons (Fsp3) is 0.417. The summed E-state index contributed by atoms with van der Waals surface area (Å²) in [6.07, 6.45) is 1.19. The van der Waals surface area contributed by atoms with Crippen LogP contribution in [0.25, 0.3) is 0 Å². The number of hydrogen-bond acceptors (Lipinski definition) is 3. The van der Waals surface area contributed by atoms with Crippen LogP contribution in [0.15, 0.2) is 24.3 Å². The summed E-state index contributed by atoms with van der Waals surface area (Å²) in [5, 5.41) is 9.37. The number of aliphatic carboxylic acids is 1. The summed E-state index contributed by atoms with van der Waals surface area (Å²) in [6, 6.07) is 4.90. The van der Waals surface area contributed by atoms with Crippen LogP contribution in [0.2, 0.25) is 5.02 Å². The van der Waals surface area contributed by atoms with E-state index >= 15 is 0 Å². The van der Waals surface area contributed by atoms with Crippen molar-refractivity contribution in [3.63, 3.8) is 0 Å². The van der Waals surface area contributed by atoms with Crippen LogP contribution in [-0.4, -0.2) is 25.2 Å². The Morgan fingerprint density at radius 1 is 1.42 bits per heavy atom. The van der Waals surface area contributed by atoms with E-state index in [-0.39, 0.29) is 16.3 Å². The third kappa shape index (κ3) is 4.81. The fourth-order valence-electron chi connectivity index (χ4n) is 1.53. The maximum Gasteiger partial charge on any atom is 0.326 e. The van der Waals surface area contributed by atoms with Gasteiger partial charge < -0.3 is 5.11 Å². The minimum Gasteiger partial charge on any atom is -0.480 e. The first-order valence-corrected chi connectivity index (χ1v) is 7.87. The number of hydrogen-bond donors (Lipinski definition) is 2. The number of nitrogens with one attached hydrogen (secondary N) is 1. The Hall–Kier alpha value is -1.11. The zero-order valence-corrected chi connectivity index (χ0v) is 12.0. The van der Waals surface area contributed by atoms with Crippen molar-refractivity contribution >= 4 is 27.6 Å². The summed E-state index contributed by atoms with van der Waals surface area (Å²) in [5.41, 5.74) is 0.233. The Kier molecular flexibility index (Phi) is 5.78. The van der Waals surface area contributed by atoms with Gasteiger partial charge in [-0.2, -0.15) is 4.72 Å². The number of halogens is 1. The van der Waals surface area contributed by atoms with Gasteiger partial charge in [0.05, 0.1) is 5.75 Å². The van der Waals surface area contributed by atoms with Crippen molar-refractivity contribution in [1.29, 1.82) is 0 Å². The van der Waals surface area contributed by atoms with Crippen molar-refractivity contribution < 1.29 is 18.3 Å². The predicted molar refractivity (Wildman–Crippen MR) is 73.7 cm³/mol. The number of benzene rings is 1. The van der Waals surface area contributed by atoms with Crippen molar-refractivity contribution in [2.75, 3.05) is 5.75 Å². The van der Waals surface area contributed by atoms with Crippen LogP contribution in [0, 0.1) is 0 Å². The lowest BCUT2D eigenvalue weighted by Crippen LogP contribution is -2.35. The Bertz CT molecular complexity index is 544. The maximum atomic E-state index is 11.8. The van der Waals surface area contributed by atoms with Crippen LogP contribution in [-0.2, 0) is 14.8 Å². The number of carboxylic acids is 1. The largest absolute Gasteiger partial charge is 0.480 e. The summed E-state index contributed by atoms with van der Waals surface area (Å²) >= 11 is 5.90. The van der Waals surface area contributed by atoms with E-state index in [1.807, 2.05) is 6.92 Å². The van der Waals surface area contributed by atoms with Crippen LogP contribution < -0.4 is 4.72 Å². The monoisotopic (exact) mass is 305 g/mol. The molecule has 0 saturated heterocycles. The maximum absolute atomic E-state index is 11.8. The quantitative estimate of drug-likeness (QED) is 0.809. The molecule has 1 rings (SSSR count). The zero-order chi connectivity index (χ0) is 14.5. The molecular formula is C12H16ClNO4S. The lowest BCUT2D eigenvalue weighted by Gasteiger charge is -2.16. The van der Waals surface area contributed by atoms with Gasteiger partial charge in [-0.1, -0.05) is 43.1 Å². The third-order valence-corrected chi connectivity index (χ3v) is 4.29. The molecule has 0 spiro atoms. The molecule has 0 unspecified atom stereocenters. The highest BCUT2D eigenvalue weighted by molar-refractivity contribution is 7.89. The minimum atomic E-state index is -3.64. The molecule has 1 aromatic rings. The molecule has 0 radical (unpaired) electrons. The number of carboxylic acid groups (broad SMARTS) is 1. The molecule has 0 aromatic heterocycles. The Morgan fingerprint density at radius 2 is 2.05 bits per heavy atom. The zero-order valence-electron chi connectivity index (χ0n) is 10.5. The highest BCUT2D eigenvalue weighted by atomic mass is 35.5. The number of carbonyl (C=O) groups is 1. The van der Waals surface area contributed by atoms with Crippen LogP contribution in [0.4, 0.5) is 0 Å². The first-order chi connectivity index (χ1) is 8.87. The number of sulfonamides is 1. The van der Waals surface area contributed by atoms with E-state index in [2.05, 4.69) is 4.72 Å². The number of rotatable bonds is 7. The molecule has 19 heavy (non-hydrogen) atoms. The molecule has 0 aliphatic carbocycles. The highest BCUT2D eigenvalue weighted by Gasteiger charge is 2.26. The van der Waals surface area contributed by atoms with E-state index in [0.717, 1.165) is 0 Å². The predicted octanol–water partition coefficient (Wildman–Crippen LogP) is 2.19. The molecule has 2 N–H and O–H groups in total. The Balaban J connectivity index is 2.98. The van der Waals surface area contributed by atoms with Gasteiger partial charge >= 0.3 is 5.97 Å². The second-order valence-electron chi connectivity index (χ2n) is 4.08. The first kappa shape index (κ1) is 15.9. The molecule has 0 bridgehead atoms. The van der Waals surface area contributed by atoms with Crippen molar-refractivity contribution in [2.24, 2.45) is 0 Å². The Labute approximate surface area is 117 Å². The molecule has 106 valence electrons. The summed E-state index contributed by atoms with van der Waals surface area (Å²) in [6.45, 7) is 1.86.